The molecular formula is C18H26N2O. The largest absolute Gasteiger partial charge is 0.449 e. The average Bonchev–Trinajstić information content (AvgIpc) is 2.93. The fourth-order valence-corrected chi connectivity index (χ4v) is 2.39. The molecule has 0 saturated carbocycles. The fourth-order valence-electron chi connectivity index (χ4n) is 2.39. The van der Waals surface area contributed by atoms with Gasteiger partial charge < -0.3 is 9.73 Å². The van der Waals surface area contributed by atoms with E-state index < -0.39 is 0 Å². The van der Waals surface area contributed by atoms with E-state index >= 15 is 0 Å². The number of oxazole rings is 1. The topological polar surface area (TPSA) is 38.1 Å². The standard InChI is InChI=1S/C18H26N2O/c1-3-4-5-6-7-8-13-19-17-11-9-16(10-12-17)18-14-21-15(2)20-18/h9-12,14,19H,3-8,13H2,1-2H3. The first-order chi connectivity index (χ1) is 10.3. The third-order valence-electron chi connectivity index (χ3n) is 3.66. The Bertz CT molecular complexity index is 516. The van der Waals surface area contributed by atoms with Gasteiger partial charge in [-0.2, -0.15) is 0 Å². The zero-order valence-electron chi connectivity index (χ0n) is 13.2. The van der Waals surface area contributed by atoms with Crippen LogP contribution in [-0.2, 0) is 0 Å². The molecule has 21 heavy (non-hydrogen) atoms. The van der Waals surface area contributed by atoms with Crippen LogP contribution in [0.15, 0.2) is 34.9 Å². The summed E-state index contributed by atoms with van der Waals surface area (Å²) in [5.74, 6) is 0.704. The van der Waals surface area contributed by atoms with Crippen molar-refractivity contribution in [2.75, 3.05) is 11.9 Å². The van der Waals surface area contributed by atoms with Crippen molar-refractivity contribution in [3.63, 3.8) is 0 Å². The van der Waals surface area contributed by atoms with Crippen LogP contribution in [-0.4, -0.2) is 11.5 Å². The van der Waals surface area contributed by atoms with Crippen molar-refractivity contribution in [1.29, 1.82) is 0 Å². The van der Waals surface area contributed by atoms with E-state index in [2.05, 4.69) is 41.5 Å². The molecule has 1 aromatic heterocycles. The molecular weight excluding hydrogens is 260 g/mol. The number of anilines is 1. The van der Waals surface area contributed by atoms with E-state index in [9.17, 15) is 0 Å². The molecule has 0 saturated heterocycles. The minimum absolute atomic E-state index is 0.704. The Hall–Kier alpha value is -1.77. The monoisotopic (exact) mass is 286 g/mol. The molecule has 2 aromatic rings. The maximum Gasteiger partial charge on any atom is 0.191 e. The molecule has 0 fully saturated rings. The van der Waals surface area contributed by atoms with E-state index in [1.807, 2.05) is 6.92 Å². The van der Waals surface area contributed by atoms with Crippen LogP contribution in [0, 0.1) is 6.92 Å². The predicted molar refractivity (Wildman–Crippen MR) is 88.5 cm³/mol. The number of hydrogen-bond donors (Lipinski definition) is 1. The highest BCUT2D eigenvalue weighted by Gasteiger charge is 2.02. The van der Waals surface area contributed by atoms with E-state index in [4.69, 9.17) is 4.42 Å². The van der Waals surface area contributed by atoms with Crippen molar-refractivity contribution in [3.8, 4) is 11.3 Å². The zero-order valence-corrected chi connectivity index (χ0v) is 13.2. The van der Waals surface area contributed by atoms with Gasteiger partial charge in [0.15, 0.2) is 5.89 Å². The van der Waals surface area contributed by atoms with Gasteiger partial charge in [0.25, 0.3) is 0 Å². The minimum Gasteiger partial charge on any atom is -0.449 e. The Labute approximate surface area is 127 Å². The van der Waals surface area contributed by atoms with E-state index in [1.54, 1.807) is 6.26 Å². The van der Waals surface area contributed by atoms with Crippen LogP contribution in [0.5, 0.6) is 0 Å². The number of aromatic nitrogens is 1. The highest BCUT2D eigenvalue weighted by Crippen LogP contribution is 2.20. The second-order valence-electron chi connectivity index (χ2n) is 5.52. The number of rotatable bonds is 9. The molecule has 2 rings (SSSR count). The molecule has 3 nitrogen and oxygen atoms in total. The van der Waals surface area contributed by atoms with E-state index in [-0.39, 0.29) is 0 Å². The molecule has 0 amide bonds. The van der Waals surface area contributed by atoms with Gasteiger partial charge in [-0.3, -0.25) is 0 Å². The second-order valence-corrected chi connectivity index (χ2v) is 5.52. The quantitative estimate of drug-likeness (QED) is 0.625. The Kier molecular flexibility index (Phi) is 6.32. The van der Waals surface area contributed by atoms with Crippen LogP contribution in [0.25, 0.3) is 11.3 Å². The zero-order chi connectivity index (χ0) is 14.9. The number of nitrogens with zero attached hydrogens (tertiary/aromatic N) is 1. The lowest BCUT2D eigenvalue weighted by molar-refractivity contribution is 0.521. The molecule has 0 spiro atoms. The van der Waals surface area contributed by atoms with Gasteiger partial charge in [-0.05, 0) is 18.6 Å². The molecule has 1 N–H and O–H groups in total. The third-order valence-corrected chi connectivity index (χ3v) is 3.66. The van der Waals surface area contributed by atoms with Crippen molar-refractivity contribution in [3.05, 3.63) is 36.4 Å². The number of hydrogen-bond acceptors (Lipinski definition) is 3. The summed E-state index contributed by atoms with van der Waals surface area (Å²) in [6.45, 7) is 5.17. The molecule has 1 heterocycles. The van der Waals surface area contributed by atoms with Crippen LogP contribution in [0.1, 0.15) is 51.3 Å². The second kappa shape index (κ2) is 8.50. The first kappa shape index (κ1) is 15.6. The third kappa shape index (κ3) is 5.25. The van der Waals surface area contributed by atoms with Gasteiger partial charge in [-0.25, -0.2) is 4.98 Å². The van der Waals surface area contributed by atoms with E-state index in [0.717, 1.165) is 17.8 Å². The first-order valence-corrected chi connectivity index (χ1v) is 8.06. The van der Waals surface area contributed by atoms with Crippen molar-refractivity contribution in [2.24, 2.45) is 0 Å². The van der Waals surface area contributed by atoms with E-state index in [1.165, 1.54) is 44.2 Å². The predicted octanol–water partition coefficient (Wildman–Crippen LogP) is 5.42. The fraction of sp³-hybridized carbons (Fsp3) is 0.500. The molecule has 0 unspecified atom stereocenters. The maximum absolute atomic E-state index is 5.24. The van der Waals surface area contributed by atoms with E-state index in [0.29, 0.717) is 5.89 Å². The summed E-state index contributed by atoms with van der Waals surface area (Å²) in [6.07, 6.45) is 9.69. The van der Waals surface area contributed by atoms with Crippen molar-refractivity contribution in [2.45, 2.75) is 52.4 Å². The molecule has 0 bridgehead atoms. The first-order valence-electron chi connectivity index (χ1n) is 8.06. The number of benzene rings is 1. The molecule has 114 valence electrons. The lowest BCUT2D eigenvalue weighted by atomic mass is 10.1. The van der Waals surface area contributed by atoms with Crippen molar-refractivity contribution in [1.82, 2.24) is 4.98 Å². The highest BCUT2D eigenvalue weighted by atomic mass is 16.3. The molecule has 0 atom stereocenters. The van der Waals surface area contributed by atoms with Gasteiger partial charge in [-0.1, -0.05) is 51.2 Å². The molecule has 0 aliphatic rings. The molecule has 0 aliphatic heterocycles. The van der Waals surface area contributed by atoms with Gasteiger partial charge in [0.05, 0.1) is 0 Å². The Balaban J connectivity index is 1.70. The van der Waals surface area contributed by atoms with Crippen molar-refractivity contribution < 1.29 is 4.42 Å². The SMILES string of the molecule is CCCCCCCCNc1ccc(-c2coc(C)n2)cc1. The lowest BCUT2D eigenvalue weighted by Gasteiger charge is -2.07. The summed E-state index contributed by atoms with van der Waals surface area (Å²) in [7, 11) is 0. The molecule has 3 heteroatoms. The van der Waals surface area contributed by atoms with Crippen LogP contribution in [0.2, 0.25) is 0 Å². The number of unbranched alkanes of at least 4 members (excludes halogenated alkanes) is 5. The smallest absolute Gasteiger partial charge is 0.191 e. The summed E-state index contributed by atoms with van der Waals surface area (Å²) in [4.78, 5) is 4.33. The summed E-state index contributed by atoms with van der Waals surface area (Å²) in [5, 5.41) is 3.48. The Morgan fingerprint density at radius 1 is 1.00 bits per heavy atom. The summed E-state index contributed by atoms with van der Waals surface area (Å²) < 4.78 is 5.24. The molecule has 0 aliphatic carbocycles. The Morgan fingerprint density at radius 3 is 2.38 bits per heavy atom. The average molecular weight is 286 g/mol. The van der Waals surface area contributed by atoms with Gasteiger partial charge in [0, 0.05) is 24.7 Å². The van der Waals surface area contributed by atoms with Gasteiger partial charge in [0.2, 0.25) is 0 Å². The Morgan fingerprint density at radius 2 is 1.71 bits per heavy atom. The van der Waals surface area contributed by atoms with Crippen LogP contribution in [0.3, 0.4) is 0 Å². The molecule has 0 radical (unpaired) electrons. The minimum atomic E-state index is 0.704. The van der Waals surface area contributed by atoms with Crippen molar-refractivity contribution >= 4 is 5.69 Å². The highest BCUT2D eigenvalue weighted by molar-refractivity contribution is 5.61. The van der Waals surface area contributed by atoms with Gasteiger partial charge in [-0.15, -0.1) is 0 Å². The normalized spacial score (nSPS) is 10.8. The van der Waals surface area contributed by atoms with Gasteiger partial charge in [0.1, 0.15) is 12.0 Å². The van der Waals surface area contributed by atoms with Crippen LogP contribution < -0.4 is 5.32 Å². The summed E-state index contributed by atoms with van der Waals surface area (Å²) in [5.41, 5.74) is 3.17. The van der Waals surface area contributed by atoms with Crippen LogP contribution >= 0.6 is 0 Å². The van der Waals surface area contributed by atoms with Crippen LogP contribution in [0.4, 0.5) is 5.69 Å². The maximum atomic E-state index is 5.24. The number of nitrogens with one attached hydrogen (secondary N) is 1. The summed E-state index contributed by atoms with van der Waals surface area (Å²) in [6, 6.07) is 8.38. The lowest BCUT2D eigenvalue weighted by Crippen LogP contribution is -2.01. The van der Waals surface area contributed by atoms with Gasteiger partial charge >= 0.3 is 0 Å². The molecule has 1 aromatic carbocycles. The number of aryl methyl sites for hydroxylation is 1. The summed E-state index contributed by atoms with van der Waals surface area (Å²) >= 11 is 0.